The van der Waals surface area contributed by atoms with Crippen molar-refractivity contribution in [1.82, 2.24) is 5.32 Å². The lowest BCUT2D eigenvalue weighted by Crippen LogP contribution is -2.42. The maximum atomic E-state index is 5.49. The Labute approximate surface area is 128 Å². The van der Waals surface area contributed by atoms with Gasteiger partial charge in [-0.25, -0.2) is 0 Å². The number of rotatable bonds is 6. The Kier molecular flexibility index (Phi) is 6.83. The van der Waals surface area contributed by atoms with E-state index < -0.39 is 0 Å². The van der Waals surface area contributed by atoms with Gasteiger partial charge in [-0.15, -0.1) is 25.6 Å². The minimum atomic E-state index is 0. The molecule has 0 bridgehead atoms. The Morgan fingerprint density at radius 3 is 2.75 bits per heavy atom. The Hall–Kier alpha value is -1.25. The van der Waals surface area contributed by atoms with Gasteiger partial charge in [0, 0.05) is 12.6 Å². The number of benzene rings is 1. The molecule has 0 saturated heterocycles. The average Bonchev–Trinajstić information content (AvgIpc) is 2.44. The molecule has 0 amide bonds. The van der Waals surface area contributed by atoms with E-state index in [1.807, 2.05) is 12.2 Å². The van der Waals surface area contributed by atoms with Gasteiger partial charge in [-0.2, -0.15) is 0 Å². The van der Waals surface area contributed by atoms with E-state index in [0.717, 1.165) is 31.6 Å². The first-order valence-corrected chi connectivity index (χ1v) is 6.90. The Balaban J connectivity index is 0.00000200. The Morgan fingerprint density at radius 1 is 1.30 bits per heavy atom. The smallest absolute Gasteiger partial charge is 0.122 e. The van der Waals surface area contributed by atoms with Gasteiger partial charge in [0.05, 0.1) is 7.11 Å². The number of nitrogens with one attached hydrogen (secondary N) is 1. The fourth-order valence-corrected chi connectivity index (χ4v) is 2.97. The second-order valence-corrected chi connectivity index (χ2v) is 5.09. The molecule has 1 aliphatic rings. The highest BCUT2D eigenvalue weighted by atomic mass is 35.5. The largest absolute Gasteiger partial charge is 0.496 e. The second kappa shape index (κ2) is 8.13. The third-order valence-corrected chi connectivity index (χ3v) is 3.92. The van der Waals surface area contributed by atoms with Crippen LogP contribution in [0.5, 0.6) is 5.75 Å². The molecule has 0 saturated carbocycles. The molecule has 1 N–H and O–H groups in total. The first-order chi connectivity index (χ1) is 9.30. The number of halogens is 1. The molecule has 3 heteroatoms. The van der Waals surface area contributed by atoms with Gasteiger partial charge < -0.3 is 10.1 Å². The van der Waals surface area contributed by atoms with Gasteiger partial charge in [-0.1, -0.05) is 24.3 Å². The molecule has 20 heavy (non-hydrogen) atoms. The van der Waals surface area contributed by atoms with Crippen LogP contribution in [0.25, 0.3) is 0 Å². The summed E-state index contributed by atoms with van der Waals surface area (Å²) in [6.45, 7) is 8.52. The van der Waals surface area contributed by atoms with E-state index in [4.69, 9.17) is 4.74 Å². The van der Waals surface area contributed by atoms with Gasteiger partial charge in [-0.05, 0) is 42.4 Å². The van der Waals surface area contributed by atoms with Crippen LogP contribution in [0.1, 0.15) is 17.5 Å². The lowest BCUT2D eigenvalue weighted by Gasteiger charge is -2.34. The van der Waals surface area contributed by atoms with Crippen LogP contribution >= 0.6 is 12.4 Å². The van der Waals surface area contributed by atoms with Gasteiger partial charge in [0.25, 0.3) is 0 Å². The molecule has 1 aliphatic carbocycles. The number of methoxy groups -OCH3 is 1. The lowest BCUT2D eigenvalue weighted by molar-refractivity contribution is 0.331. The van der Waals surface area contributed by atoms with Crippen molar-refractivity contribution >= 4 is 12.4 Å². The molecule has 2 atom stereocenters. The average molecular weight is 294 g/mol. The quantitative estimate of drug-likeness (QED) is 0.810. The van der Waals surface area contributed by atoms with Crippen LogP contribution in [-0.2, 0) is 12.8 Å². The summed E-state index contributed by atoms with van der Waals surface area (Å²) in [6, 6.07) is 6.83. The van der Waals surface area contributed by atoms with Crippen LogP contribution in [0.3, 0.4) is 0 Å². The van der Waals surface area contributed by atoms with E-state index in [1.165, 1.54) is 11.1 Å². The lowest BCUT2D eigenvalue weighted by atomic mass is 9.78. The van der Waals surface area contributed by atoms with Crippen molar-refractivity contribution in [2.24, 2.45) is 5.92 Å². The molecular weight excluding hydrogens is 270 g/mol. The van der Waals surface area contributed by atoms with Crippen molar-refractivity contribution in [3.8, 4) is 5.75 Å². The Morgan fingerprint density at radius 2 is 2.10 bits per heavy atom. The molecule has 110 valence electrons. The highest BCUT2D eigenvalue weighted by Crippen LogP contribution is 2.33. The summed E-state index contributed by atoms with van der Waals surface area (Å²) in [5, 5.41) is 3.58. The fourth-order valence-electron chi connectivity index (χ4n) is 2.97. The molecule has 0 fully saturated rings. The topological polar surface area (TPSA) is 21.3 Å². The van der Waals surface area contributed by atoms with Gasteiger partial charge in [0.2, 0.25) is 0 Å². The zero-order chi connectivity index (χ0) is 13.7. The zero-order valence-corrected chi connectivity index (χ0v) is 12.9. The number of hydrogen-bond acceptors (Lipinski definition) is 2. The van der Waals surface area contributed by atoms with Gasteiger partial charge in [0.15, 0.2) is 0 Å². The van der Waals surface area contributed by atoms with Crippen molar-refractivity contribution < 1.29 is 4.74 Å². The summed E-state index contributed by atoms with van der Waals surface area (Å²) in [4.78, 5) is 0. The summed E-state index contributed by atoms with van der Waals surface area (Å²) in [5.74, 6) is 1.62. The van der Waals surface area contributed by atoms with E-state index in [9.17, 15) is 0 Å². The maximum Gasteiger partial charge on any atom is 0.122 e. The molecule has 0 heterocycles. The maximum absolute atomic E-state index is 5.49. The number of fused-ring (bicyclic) bond motifs is 1. The first kappa shape index (κ1) is 16.8. The van der Waals surface area contributed by atoms with Crippen LogP contribution in [-0.4, -0.2) is 19.7 Å². The summed E-state index contributed by atoms with van der Waals surface area (Å²) >= 11 is 0. The standard InChI is InChI=1S/C17H23NO.ClH/c1-4-7-14-11-13-8-6-9-17(19-3)15(13)12-16(14)18-10-5-2;/h4-6,8-9,14,16,18H,1-2,7,10-12H2,3H3;1H/t14-,16-;/m0./s1. The van der Waals surface area contributed by atoms with E-state index in [2.05, 4.69) is 36.7 Å². The molecule has 0 radical (unpaired) electrons. The first-order valence-electron chi connectivity index (χ1n) is 6.90. The van der Waals surface area contributed by atoms with E-state index >= 15 is 0 Å². The van der Waals surface area contributed by atoms with Crippen LogP contribution in [0.2, 0.25) is 0 Å². The minimum absolute atomic E-state index is 0. The van der Waals surface area contributed by atoms with E-state index in [0.29, 0.717) is 12.0 Å². The van der Waals surface area contributed by atoms with E-state index in [1.54, 1.807) is 7.11 Å². The van der Waals surface area contributed by atoms with Crippen molar-refractivity contribution in [3.05, 3.63) is 54.6 Å². The third-order valence-electron chi connectivity index (χ3n) is 3.92. The van der Waals surface area contributed by atoms with Gasteiger partial charge in [0.1, 0.15) is 5.75 Å². The minimum Gasteiger partial charge on any atom is -0.496 e. The van der Waals surface area contributed by atoms with Crippen LogP contribution in [0, 0.1) is 5.92 Å². The molecule has 2 nitrogen and oxygen atoms in total. The second-order valence-electron chi connectivity index (χ2n) is 5.09. The fraction of sp³-hybridized carbons (Fsp3) is 0.412. The molecule has 0 unspecified atom stereocenters. The molecule has 2 rings (SSSR count). The van der Waals surface area contributed by atoms with Crippen LogP contribution in [0.15, 0.2) is 43.5 Å². The van der Waals surface area contributed by atoms with Crippen molar-refractivity contribution in [2.75, 3.05) is 13.7 Å². The molecule has 1 aromatic rings. The molecule has 1 aromatic carbocycles. The van der Waals surface area contributed by atoms with Crippen molar-refractivity contribution in [3.63, 3.8) is 0 Å². The predicted octanol–water partition coefficient (Wildman–Crippen LogP) is 3.55. The van der Waals surface area contributed by atoms with Crippen LogP contribution in [0.4, 0.5) is 0 Å². The monoisotopic (exact) mass is 293 g/mol. The highest BCUT2D eigenvalue weighted by molar-refractivity contribution is 5.85. The Bertz CT molecular complexity index is 458. The molecule has 0 spiro atoms. The van der Waals surface area contributed by atoms with Crippen molar-refractivity contribution in [2.45, 2.75) is 25.3 Å². The normalized spacial score (nSPS) is 20.4. The number of allylic oxidation sites excluding steroid dienone is 1. The van der Waals surface area contributed by atoms with Gasteiger partial charge in [-0.3, -0.25) is 0 Å². The zero-order valence-electron chi connectivity index (χ0n) is 12.1. The van der Waals surface area contributed by atoms with Crippen LogP contribution < -0.4 is 10.1 Å². The SMILES string of the molecule is C=CCN[C@H]1Cc2c(cccc2OC)C[C@@H]1CC=C.Cl. The van der Waals surface area contributed by atoms with E-state index in [-0.39, 0.29) is 12.4 Å². The summed E-state index contributed by atoms with van der Waals surface area (Å²) < 4.78 is 5.49. The van der Waals surface area contributed by atoms with Gasteiger partial charge >= 0.3 is 0 Å². The molecular formula is C17H24ClNO. The molecule has 0 aliphatic heterocycles. The van der Waals surface area contributed by atoms with Crippen molar-refractivity contribution in [1.29, 1.82) is 0 Å². The molecule has 0 aromatic heterocycles. The third kappa shape index (κ3) is 3.65. The summed E-state index contributed by atoms with van der Waals surface area (Å²) in [7, 11) is 1.75. The summed E-state index contributed by atoms with van der Waals surface area (Å²) in [5.41, 5.74) is 2.77. The predicted molar refractivity (Wildman–Crippen MR) is 87.9 cm³/mol. The highest BCUT2D eigenvalue weighted by Gasteiger charge is 2.28. The summed E-state index contributed by atoms with van der Waals surface area (Å²) in [6.07, 6.45) is 7.10. The number of hydrogen-bond donors (Lipinski definition) is 1. The number of ether oxygens (including phenoxy) is 1.